The second-order valence-corrected chi connectivity index (χ2v) is 5.72. The number of hydrogen-bond donors (Lipinski definition) is 2. The number of hydrogen-bond acceptors (Lipinski definition) is 2. The Hall–Kier alpha value is -1.06. The molecule has 2 atom stereocenters. The van der Waals surface area contributed by atoms with E-state index in [1.54, 1.807) is 6.07 Å². The zero-order valence-corrected chi connectivity index (χ0v) is 12.3. The molecular formula is C15H21ClN2O. The molecule has 0 bridgehead atoms. The predicted molar refractivity (Wildman–Crippen MR) is 79.6 cm³/mol. The van der Waals surface area contributed by atoms with Gasteiger partial charge in [0.25, 0.3) is 0 Å². The standard InChI is InChI=1S/C15H21ClN2O/c1-3-4-11-7-14(11)17-9-15(19)18-13-8-12(16)6-5-10(13)2/h5-6,8,11,14,17H,3-4,7,9H2,1-2H3,(H,18,19). The molecule has 1 aliphatic rings. The van der Waals surface area contributed by atoms with Gasteiger partial charge in [0.2, 0.25) is 5.91 Å². The largest absolute Gasteiger partial charge is 0.325 e. The maximum Gasteiger partial charge on any atom is 0.238 e. The minimum absolute atomic E-state index is 0.00693. The van der Waals surface area contributed by atoms with E-state index in [9.17, 15) is 4.79 Å². The molecule has 3 nitrogen and oxygen atoms in total. The average molecular weight is 281 g/mol. The molecule has 104 valence electrons. The molecule has 2 rings (SSSR count). The Bertz CT molecular complexity index is 461. The lowest BCUT2D eigenvalue weighted by atomic mass is 10.2. The molecule has 1 aromatic carbocycles. The van der Waals surface area contributed by atoms with E-state index in [1.807, 2.05) is 19.1 Å². The van der Waals surface area contributed by atoms with Crippen LogP contribution in [0.3, 0.4) is 0 Å². The number of aryl methyl sites for hydroxylation is 1. The van der Waals surface area contributed by atoms with Gasteiger partial charge >= 0.3 is 0 Å². The number of halogens is 1. The van der Waals surface area contributed by atoms with Crippen molar-refractivity contribution in [3.8, 4) is 0 Å². The Kier molecular flexibility index (Phi) is 4.83. The molecular weight excluding hydrogens is 260 g/mol. The van der Waals surface area contributed by atoms with Gasteiger partial charge in [-0.15, -0.1) is 0 Å². The first-order valence-corrected chi connectivity index (χ1v) is 7.27. The third kappa shape index (κ3) is 4.22. The van der Waals surface area contributed by atoms with Crippen LogP contribution in [-0.4, -0.2) is 18.5 Å². The van der Waals surface area contributed by atoms with Crippen molar-refractivity contribution in [2.24, 2.45) is 5.92 Å². The van der Waals surface area contributed by atoms with Gasteiger partial charge in [-0.1, -0.05) is 31.0 Å². The van der Waals surface area contributed by atoms with Gasteiger partial charge in [0.05, 0.1) is 6.54 Å². The van der Waals surface area contributed by atoms with Crippen LogP contribution in [0, 0.1) is 12.8 Å². The van der Waals surface area contributed by atoms with E-state index in [0.29, 0.717) is 17.6 Å². The van der Waals surface area contributed by atoms with Crippen LogP contribution in [0.5, 0.6) is 0 Å². The Morgan fingerprint density at radius 3 is 3.00 bits per heavy atom. The summed E-state index contributed by atoms with van der Waals surface area (Å²) >= 11 is 5.92. The second kappa shape index (κ2) is 6.40. The molecule has 1 saturated carbocycles. The Morgan fingerprint density at radius 2 is 2.26 bits per heavy atom. The fourth-order valence-electron chi connectivity index (χ4n) is 2.33. The van der Waals surface area contributed by atoms with E-state index in [0.717, 1.165) is 17.2 Å². The van der Waals surface area contributed by atoms with Gasteiger partial charge in [0.1, 0.15) is 0 Å². The normalized spacial score (nSPS) is 21.2. The molecule has 2 N–H and O–H groups in total. The van der Waals surface area contributed by atoms with Crippen LogP contribution in [0.4, 0.5) is 5.69 Å². The monoisotopic (exact) mass is 280 g/mol. The van der Waals surface area contributed by atoms with Crippen molar-refractivity contribution >= 4 is 23.2 Å². The molecule has 0 saturated heterocycles. The van der Waals surface area contributed by atoms with E-state index in [-0.39, 0.29) is 5.91 Å². The van der Waals surface area contributed by atoms with E-state index >= 15 is 0 Å². The van der Waals surface area contributed by atoms with Crippen molar-refractivity contribution in [3.63, 3.8) is 0 Å². The van der Waals surface area contributed by atoms with Crippen LogP contribution in [0.25, 0.3) is 0 Å². The van der Waals surface area contributed by atoms with Crippen LogP contribution in [-0.2, 0) is 4.79 Å². The van der Waals surface area contributed by atoms with Crippen molar-refractivity contribution in [1.29, 1.82) is 0 Å². The highest BCUT2D eigenvalue weighted by Gasteiger charge is 2.35. The van der Waals surface area contributed by atoms with Crippen LogP contribution in [0.1, 0.15) is 31.7 Å². The number of amides is 1. The summed E-state index contributed by atoms with van der Waals surface area (Å²) < 4.78 is 0. The SMILES string of the molecule is CCCC1CC1NCC(=O)Nc1cc(Cl)ccc1C. The topological polar surface area (TPSA) is 41.1 Å². The summed E-state index contributed by atoms with van der Waals surface area (Å²) in [5, 5.41) is 6.83. The van der Waals surface area contributed by atoms with E-state index in [1.165, 1.54) is 19.3 Å². The smallest absolute Gasteiger partial charge is 0.238 e. The van der Waals surface area contributed by atoms with Crippen LogP contribution in [0.2, 0.25) is 5.02 Å². The van der Waals surface area contributed by atoms with Crippen LogP contribution in [0.15, 0.2) is 18.2 Å². The van der Waals surface area contributed by atoms with Gasteiger partial charge in [0, 0.05) is 16.8 Å². The summed E-state index contributed by atoms with van der Waals surface area (Å²) in [5.41, 5.74) is 1.81. The van der Waals surface area contributed by atoms with Crippen LogP contribution < -0.4 is 10.6 Å². The Morgan fingerprint density at radius 1 is 1.47 bits per heavy atom. The number of anilines is 1. The van der Waals surface area contributed by atoms with Gasteiger partial charge in [-0.2, -0.15) is 0 Å². The van der Waals surface area contributed by atoms with E-state index < -0.39 is 0 Å². The fraction of sp³-hybridized carbons (Fsp3) is 0.533. The van der Waals surface area contributed by atoms with Crippen molar-refractivity contribution in [3.05, 3.63) is 28.8 Å². The average Bonchev–Trinajstić information content (AvgIpc) is 3.10. The number of carbonyl (C=O) groups is 1. The highest BCUT2D eigenvalue weighted by atomic mass is 35.5. The van der Waals surface area contributed by atoms with Crippen molar-refractivity contribution < 1.29 is 4.79 Å². The molecule has 4 heteroatoms. The Labute approximate surface area is 119 Å². The number of nitrogens with one attached hydrogen (secondary N) is 2. The summed E-state index contributed by atoms with van der Waals surface area (Å²) in [5.74, 6) is 0.762. The van der Waals surface area contributed by atoms with Crippen molar-refractivity contribution in [1.82, 2.24) is 5.32 Å². The summed E-state index contributed by atoms with van der Waals surface area (Å²) in [6, 6.07) is 6.05. The lowest BCUT2D eigenvalue weighted by Gasteiger charge is -2.09. The maximum absolute atomic E-state index is 11.9. The lowest BCUT2D eigenvalue weighted by molar-refractivity contribution is -0.115. The molecule has 0 spiro atoms. The van der Waals surface area contributed by atoms with Gasteiger partial charge in [-0.3, -0.25) is 4.79 Å². The predicted octanol–water partition coefficient (Wildman–Crippen LogP) is 3.37. The molecule has 1 amide bonds. The molecule has 1 aliphatic carbocycles. The summed E-state index contributed by atoms with van der Waals surface area (Å²) in [6.07, 6.45) is 3.68. The molecule has 0 heterocycles. The number of rotatable bonds is 6. The summed E-state index contributed by atoms with van der Waals surface area (Å²) in [7, 11) is 0. The molecule has 0 radical (unpaired) electrons. The quantitative estimate of drug-likeness (QED) is 0.839. The lowest BCUT2D eigenvalue weighted by Crippen LogP contribution is -2.30. The van der Waals surface area contributed by atoms with Gasteiger partial charge in [-0.05, 0) is 43.4 Å². The first kappa shape index (κ1) is 14.4. The van der Waals surface area contributed by atoms with E-state index in [4.69, 9.17) is 11.6 Å². The van der Waals surface area contributed by atoms with Gasteiger partial charge < -0.3 is 10.6 Å². The zero-order valence-electron chi connectivity index (χ0n) is 11.5. The molecule has 1 fully saturated rings. The number of carbonyl (C=O) groups excluding carboxylic acids is 1. The van der Waals surface area contributed by atoms with Gasteiger partial charge in [-0.25, -0.2) is 0 Å². The fourth-order valence-corrected chi connectivity index (χ4v) is 2.51. The molecule has 2 unspecified atom stereocenters. The van der Waals surface area contributed by atoms with Crippen molar-refractivity contribution in [2.45, 2.75) is 39.2 Å². The molecule has 0 aliphatic heterocycles. The minimum Gasteiger partial charge on any atom is -0.325 e. The maximum atomic E-state index is 11.9. The highest BCUT2D eigenvalue weighted by Crippen LogP contribution is 2.34. The molecule has 1 aromatic rings. The Balaban J connectivity index is 1.77. The first-order valence-electron chi connectivity index (χ1n) is 6.89. The molecule has 0 aromatic heterocycles. The highest BCUT2D eigenvalue weighted by molar-refractivity contribution is 6.31. The molecule has 19 heavy (non-hydrogen) atoms. The zero-order chi connectivity index (χ0) is 13.8. The summed E-state index contributed by atoms with van der Waals surface area (Å²) in [4.78, 5) is 11.9. The minimum atomic E-state index is -0.00693. The van der Waals surface area contributed by atoms with Gasteiger partial charge in [0.15, 0.2) is 0 Å². The third-order valence-electron chi connectivity index (χ3n) is 3.58. The van der Waals surface area contributed by atoms with Crippen LogP contribution >= 0.6 is 11.6 Å². The third-order valence-corrected chi connectivity index (χ3v) is 3.82. The van der Waals surface area contributed by atoms with E-state index in [2.05, 4.69) is 17.6 Å². The van der Waals surface area contributed by atoms with Crippen molar-refractivity contribution in [2.75, 3.05) is 11.9 Å². The number of benzene rings is 1. The first-order chi connectivity index (χ1) is 9.10. The summed E-state index contributed by atoms with van der Waals surface area (Å²) in [6.45, 7) is 4.53. The second-order valence-electron chi connectivity index (χ2n) is 5.28.